The first-order chi connectivity index (χ1) is 14.6. The molecule has 0 aliphatic carbocycles. The average molecular weight is 449 g/mol. The molecule has 2 atom stereocenters. The Balaban J connectivity index is 2.21. The molecular weight excluding hydrogens is 419 g/mol. The van der Waals surface area contributed by atoms with Gasteiger partial charge in [-0.1, -0.05) is 36.7 Å². The summed E-state index contributed by atoms with van der Waals surface area (Å²) in [4.78, 5) is 27.1. The van der Waals surface area contributed by atoms with E-state index in [0.717, 1.165) is 17.5 Å². The second-order valence-corrected chi connectivity index (χ2v) is 8.14. The molecule has 0 aliphatic heterocycles. The van der Waals surface area contributed by atoms with Crippen molar-refractivity contribution in [2.24, 2.45) is 0 Å². The van der Waals surface area contributed by atoms with E-state index in [2.05, 4.69) is 5.32 Å². The molecule has 0 fully saturated rings. The zero-order valence-corrected chi connectivity index (χ0v) is 19.4. The zero-order chi connectivity index (χ0) is 23.1. The summed E-state index contributed by atoms with van der Waals surface area (Å²) in [6.45, 7) is 8.88. The molecule has 7 heteroatoms. The molecule has 2 aromatic rings. The van der Waals surface area contributed by atoms with Gasteiger partial charge in [-0.2, -0.15) is 0 Å². The van der Waals surface area contributed by atoms with Gasteiger partial charge in [0.1, 0.15) is 17.6 Å². The van der Waals surface area contributed by atoms with Crippen LogP contribution in [0.2, 0.25) is 5.02 Å². The number of carbonyl (C=O) groups excluding carboxylic acids is 2. The summed E-state index contributed by atoms with van der Waals surface area (Å²) >= 11 is 6.19. The first-order valence-corrected chi connectivity index (χ1v) is 10.7. The molecular formula is C24H30ClFN2O3. The number of nitrogens with zero attached hydrogens (tertiary/aromatic N) is 1. The van der Waals surface area contributed by atoms with Crippen LogP contribution in [0.4, 0.5) is 4.39 Å². The molecule has 0 heterocycles. The minimum atomic E-state index is -0.793. The molecule has 0 aliphatic rings. The molecule has 2 amide bonds. The largest absolute Gasteiger partial charge is 0.484 e. The van der Waals surface area contributed by atoms with E-state index >= 15 is 0 Å². The summed E-state index contributed by atoms with van der Waals surface area (Å²) in [6, 6.07) is 8.89. The number of benzene rings is 2. The summed E-state index contributed by atoms with van der Waals surface area (Å²) in [5, 5.41) is 3.53. The highest BCUT2D eigenvalue weighted by molar-refractivity contribution is 6.32. The SMILES string of the molecule is CC[C@@H](C)NC(=O)[C@H](C)N(Cc1ccccc1F)C(=O)COc1cc(C)c(Cl)c(C)c1. The van der Waals surface area contributed by atoms with Crippen molar-refractivity contribution in [2.45, 2.75) is 59.7 Å². The molecule has 2 aromatic carbocycles. The van der Waals surface area contributed by atoms with Crippen molar-refractivity contribution in [3.05, 3.63) is 63.9 Å². The number of nitrogens with one attached hydrogen (secondary N) is 1. The lowest BCUT2D eigenvalue weighted by Crippen LogP contribution is -2.50. The predicted octanol–water partition coefficient (Wildman–Crippen LogP) is 4.81. The maximum Gasteiger partial charge on any atom is 0.261 e. The highest BCUT2D eigenvalue weighted by Gasteiger charge is 2.28. The summed E-state index contributed by atoms with van der Waals surface area (Å²) < 4.78 is 19.9. The Labute approximate surface area is 188 Å². The Bertz CT molecular complexity index is 912. The van der Waals surface area contributed by atoms with E-state index in [1.807, 2.05) is 27.7 Å². The van der Waals surface area contributed by atoms with Crippen molar-refractivity contribution in [3.8, 4) is 5.75 Å². The Morgan fingerprint density at radius 2 is 1.77 bits per heavy atom. The van der Waals surface area contributed by atoms with Crippen LogP contribution in [0.5, 0.6) is 5.75 Å². The maximum absolute atomic E-state index is 14.2. The quantitative estimate of drug-likeness (QED) is 0.599. The first kappa shape index (κ1) is 24.7. The Morgan fingerprint density at radius 3 is 2.35 bits per heavy atom. The minimum Gasteiger partial charge on any atom is -0.484 e. The molecule has 0 aromatic heterocycles. The van der Waals surface area contributed by atoms with E-state index in [0.29, 0.717) is 16.3 Å². The normalized spacial score (nSPS) is 12.7. The molecule has 0 radical (unpaired) electrons. The monoisotopic (exact) mass is 448 g/mol. The van der Waals surface area contributed by atoms with E-state index in [1.54, 1.807) is 37.3 Å². The smallest absolute Gasteiger partial charge is 0.261 e. The van der Waals surface area contributed by atoms with Crippen molar-refractivity contribution < 1.29 is 18.7 Å². The number of halogens is 2. The Hall–Kier alpha value is -2.60. The third-order valence-electron chi connectivity index (χ3n) is 5.24. The molecule has 0 saturated carbocycles. The van der Waals surface area contributed by atoms with Gasteiger partial charge < -0.3 is 15.0 Å². The van der Waals surface area contributed by atoms with Crippen LogP contribution < -0.4 is 10.1 Å². The standard InChI is InChI=1S/C24H30ClFN2O3/c1-6-17(4)27-24(30)18(5)28(13-19-9-7-8-10-21(19)26)22(29)14-31-20-11-15(2)23(25)16(3)12-20/h7-12,17-18H,6,13-14H2,1-5H3,(H,27,30)/t17-,18+/m1/s1. The van der Waals surface area contributed by atoms with Gasteiger partial charge in [0, 0.05) is 23.2 Å². The van der Waals surface area contributed by atoms with Crippen LogP contribution >= 0.6 is 11.6 Å². The second kappa shape index (κ2) is 11.1. The molecule has 5 nitrogen and oxygen atoms in total. The van der Waals surface area contributed by atoms with Gasteiger partial charge in [-0.05, 0) is 63.4 Å². The Kier molecular flexibility index (Phi) is 8.87. The van der Waals surface area contributed by atoms with E-state index in [4.69, 9.17) is 16.3 Å². The molecule has 31 heavy (non-hydrogen) atoms. The van der Waals surface area contributed by atoms with Crippen LogP contribution in [-0.2, 0) is 16.1 Å². The summed E-state index contributed by atoms with van der Waals surface area (Å²) in [5.74, 6) is -0.632. The third kappa shape index (κ3) is 6.69. The zero-order valence-electron chi connectivity index (χ0n) is 18.7. The van der Waals surface area contributed by atoms with Crippen molar-refractivity contribution in [1.82, 2.24) is 10.2 Å². The van der Waals surface area contributed by atoms with Crippen LogP contribution in [0.15, 0.2) is 36.4 Å². The van der Waals surface area contributed by atoms with Gasteiger partial charge in [0.15, 0.2) is 6.61 Å². The molecule has 1 N–H and O–H groups in total. The molecule has 0 unspecified atom stereocenters. The fourth-order valence-corrected chi connectivity index (χ4v) is 3.18. The fraction of sp³-hybridized carbons (Fsp3) is 0.417. The summed E-state index contributed by atoms with van der Waals surface area (Å²) in [7, 11) is 0. The van der Waals surface area contributed by atoms with Gasteiger partial charge in [-0.25, -0.2) is 4.39 Å². The van der Waals surface area contributed by atoms with Gasteiger partial charge in [-0.15, -0.1) is 0 Å². The van der Waals surface area contributed by atoms with Gasteiger partial charge in [0.2, 0.25) is 5.91 Å². The highest BCUT2D eigenvalue weighted by atomic mass is 35.5. The molecule has 2 rings (SSSR count). The molecule has 168 valence electrons. The Morgan fingerprint density at radius 1 is 1.16 bits per heavy atom. The second-order valence-electron chi connectivity index (χ2n) is 7.77. The van der Waals surface area contributed by atoms with Gasteiger partial charge in [-0.3, -0.25) is 9.59 Å². The van der Waals surface area contributed by atoms with E-state index in [9.17, 15) is 14.0 Å². The number of amides is 2. The fourth-order valence-electron chi connectivity index (χ4n) is 3.08. The lowest BCUT2D eigenvalue weighted by Gasteiger charge is -2.29. The summed E-state index contributed by atoms with van der Waals surface area (Å²) in [5.41, 5.74) is 2.01. The van der Waals surface area contributed by atoms with E-state index < -0.39 is 17.8 Å². The topological polar surface area (TPSA) is 58.6 Å². The van der Waals surface area contributed by atoms with Crippen LogP contribution in [-0.4, -0.2) is 35.4 Å². The number of ether oxygens (including phenoxy) is 1. The number of aryl methyl sites for hydroxylation is 2. The molecule has 0 saturated heterocycles. The number of hydrogen-bond acceptors (Lipinski definition) is 3. The van der Waals surface area contributed by atoms with Gasteiger partial charge in [0.05, 0.1) is 0 Å². The lowest BCUT2D eigenvalue weighted by molar-refractivity contribution is -0.142. The molecule has 0 spiro atoms. The first-order valence-electron chi connectivity index (χ1n) is 10.4. The number of carbonyl (C=O) groups is 2. The average Bonchev–Trinajstić information content (AvgIpc) is 2.74. The lowest BCUT2D eigenvalue weighted by atomic mass is 10.1. The van der Waals surface area contributed by atoms with Crippen molar-refractivity contribution >= 4 is 23.4 Å². The summed E-state index contributed by atoms with van der Waals surface area (Å²) in [6.07, 6.45) is 0.762. The maximum atomic E-state index is 14.2. The highest BCUT2D eigenvalue weighted by Crippen LogP contribution is 2.26. The van der Waals surface area contributed by atoms with E-state index in [-0.39, 0.29) is 25.1 Å². The van der Waals surface area contributed by atoms with Crippen LogP contribution in [0.3, 0.4) is 0 Å². The van der Waals surface area contributed by atoms with Gasteiger partial charge >= 0.3 is 0 Å². The van der Waals surface area contributed by atoms with Crippen LogP contribution in [0.25, 0.3) is 0 Å². The number of hydrogen-bond donors (Lipinski definition) is 1. The van der Waals surface area contributed by atoms with Crippen molar-refractivity contribution in [1.29, 1.82) is 0 Å². The van der Waals surface area contributed by atoms with Crippen molar-refractivity contribution in [2.75, 3.05) is 6.61 Å². The van der Waals surface area contributed by atoms with Gasteiger partial charge in [0.25, 0.3) is 5.91 Å². The molecule has 0 bridgehead atoms. The minimum absolute atomic E-state index is 0.0309. The third-order valence-corrected chi connectivity index (χ3v) is 5.84. The van der Waals surface area contributed by atoms with E-state index in [1.165, 1.54) is 11.0 Å². The van der Waals surface area contributed by atoms with Crippen molar-refractivity contribution in [3.63, 3.8) is 0 Å². The predicted molar refractivity (Wildman–Crippen MR) is 121 cm³/mol. The van der Waals surface area contributed by atoms with Crippen LogP contribution in [0.1, 0.15) is 43.9 Å². The number of rotatable bonds is 9. The van der Waals surface area contributed by atoms with Crippen LogP contribution in [0, 0.1) is 19.7 Å².